The van der Waals surface area contributed by atoms with E-state index in [1.165, 1.54) is 18.3 Å². The van der Waals surface area contributed by atoms with E-state index in [1.807, 2.05) is 12.1 Å². The van der Waals surface area contributed by atoms with Crippen molar-refractivity contribution in [3.63, 3.8) is 0 Å². The van der Waals surface area contributed by atoms with Crippen LogP contribution in [0.2, 0.25) is 0 Å². The predicted octanol–water partition coefficient (Wildman–Crippen LogP) is 4.75. The zero-order valence-electron chi connectivity index (χ0n) is 17.7. The predicted molar refractivity (Wildman–Crippen MR) is 118 cm³/mol. The number of rotatable bonds is 4. The first-order chi connectivity index (χ1) is 15.4. The van der Waals surface area contributed by atoms with Crippen LogP contribution in [0.1, 0.15) is 50.0 Å². The average molecular weight is 435 g/mol. The molecule has 0 saturated heterocycles. The molecule has 164 valence electrons. The highest BCUT2D eigenvalue weighted by atomic mass is 19.1. The Morgan fingerprint density at radius 2 is 1.94 bits per heavy atom. The molecule has 3 heterocycles. The Kier molecular flexibility index (Phi) is 5.07. The van der Waals surface area contributed by atoms with Gasteiger partial charge >= 0.3 is 0 Å². The fourth-order valence-electron chi connectivity index (χ4n) is 4.46. The van der Waals surface area contributed by atoms with Gasteiger partial charge < -0.3 is 4.98 Å². The first kappa shape index (κ1) is 20.5. The molecule has 32 heavy (non-hydrogen) atoms. The molecular formula is C24H23F2N5O. The molecule has 5 rings (SSSR count). The lowest BCUT2D eigenvalue weighted by molar-refractivity contribution is 0.103. The summed E-state index contributed by atoms with van der Waals surface area (Å²) in [5.74, 6) is 0.130. The van der Waals surface area contributed by atoms with Crippen LogP contribution < -0.4 is 5.56 Å². The molecule has 1 saturated carbocycles. The lowest BCUT2D eigenvalue weighted by Crippen LogP contribution is -2.28. The lowest BCUT2D eigenvalue weighted by atomic mass is 9.85. The van der Waals surface area contributed by atoms with Crippen molar-refractivity contribution in [1.29, 1.82) is 0 Å². The van der Waals surface area contributed by atoms with Gasteiger partial charge in [0, 0.05) is 18.8 Å². The number of aromatic nitrogens is 5. The second kappa shape index (κ2) is 7.93. The quantitative estimate of drug-likeness (QED) is 0.502. The molecule has 0 unspecified atom stereocenters. The fourth-order valence-corrected chi connectivity index (χ4v) is 4.46. The van der Waals surface area contributed by atoms with Gasteiger partial charge in [-0.15, -0.1) is 0 Å². The van der Waals surface area contributed by atoms with Gasteiger partial charge in [-0.2, -0.15) is 5.10 Å². The van der Waals surface area contributed by atoms with E-state index >= 15 is 0 Å². The number of aromatic amines is 1. The molecule has 8 heteroatoms. The van der Waals surface area contributed by atoms with Crippen molar-refractivity contribution in [2.45, 2.75) is 50.7 Å². The van der Waals surface area contributed by atoms with E-state index in [2.05, 4.69) is 15.1 Å². The van der Waals surface area contributed by atoms with Crippen molar-refractivity contribution in [2.75, 3.05) is 0 Å². The molecule has 1 aliphatic carbocycles. The largest absolute Gasteiger partial charge is 0.310 e. The maximum absolute atomic E-state index is 14.2. The number of halogens is 2. The third-order valence-electron chi connectivity index (χ3n) is 6.28. The summed E-state index contributed by atoms with van der Waals surface area (Å²) in [5.41, 5.74) is 1.47. The second-order valence-electron chi connectivity index (χ2n) is 8.70. The van der Waals surface area contributed by atoms with Crippen LogP contribution in [0.25, 0.3) is 22.2 Å². The Morgan fingerprint density at radius 3 is 2.69 bits per heavy atom. The summed E-state index contributed by atoms with van der Waals surface area (Å²) in [6.07, 6.45) is 7.37. The Balaban J connectivity index is 1.52. The van der Waals surface area contributed by atoms with Crippen molar-refractivity contribution in [3.05, 3.63) is 76.5 Å². The van der Waals surface area contributed by atoms with E-state index in [1.54, 1.807) is 30.1 Å². The van der Waals surface area contributed by atoms with Gasteiger partial charge in [-0.25, -0.2) is 18.4 Å². The molecule has 0 bridgehead atoms. The first-order valence-corrected chi connectivity index (χ1v) is 10.7. The van der Waals surface area contributed by atoms with Crippen molar-refractivity contribution in [2.24, 2.45) is 0 Å². The number of nitrogens with one attached hydrogen (secondary N) is 1. The fraction of sp³-hybridized carbons (Fsp3) is 0.333. The van der Waals surface area contributed by atoms with Crippen LogP contribution in [-0.2, 0) is 6.42 Å². The van der Waals surface area contributed by atoms with Gasteiger partial charge in [-0.3, -0.25) is 9.78 Å². The number of alkyl halides is 1. The Labute approximate surface area is 183 Å². The van der Waals surface area contributed by atoms with Crippen LogP contribution in [0.15, 0.2) is 53.7 Å². The van der Waals surface area contributed by atoms with E-state index in [4.69, 9.17) is 4.98 Å². The van der Waals surface area contributed by atoms with E-state index in [0.29, 0.717) is 49.0 Å². The number of hydrogen-bond acceptors (Lipinski definition) is 4. The van der Waals surface area contributed by atoms with E-state index in [-0.39, 0.29) is 17.4 Å². The molecule has 0 spiro atoms. The maximum atomic E-state index is 14.2. The van der Waals surface area contributed by atoms with Crippen molar-refractivity contribution < 1.29 is 8.78 Å². The molecule has 1 aromatic carbocycles. The Bertz CT molecular complexity index is 1320. The van der Waals surface area contributed by atoms with Gasteiger partial charge in [0.25, 0.3) is 5.56 Å². The lowest BCUT2D eigenvalue weighted by Gasteiger charge is -2.31. The molecular weight excluding hydrogens is 412 g/mol. The summed E-state index contributed by atoms with van der Waals surface area (Å²) in [7, 11) is 0. The smallest absolute Gasteiger partial charge is 0.262 e. The van der Waals surface area contributed by atoms with E-state index in [0.717, 1.165) is 16.7 Å². The summed E-state index contributed by atoms with van der Waals surface area (Å²) in [4.78, 5) is 24.3. The minimum absolute atomic E-state index is 0.0108. The zero-order chi connectivity index (χ0) is 22.3. The third kappa shape index (κ3) is 3.92. The summed E-state index contributed by atoms with van der Waals surface area (Å²) in [5, 5.41) is 4.82. The van der Waals surface area contributed by atoms with Crippen molar-refractivity contribution >= 4 is 11.0 Å². The molecule has 1 fully saturated rings. The molecule has 0 amide bonds. The number of nitrogens with zero attached hydrogens (tertiary/aromatic N) is 4. The van der Waals surface area contributed by atoms with Crippen molar-refractivity contribution in [1.82, 2.24) is 24.7 Å². The molecule has 3 aromatic heterocycles. The normalized spacial score (nSPS) is 21.2. The van der Waals surface area contributed by atoms with Crippen LogP contribution in [0, 0.1) is 5.82 Å². The minimum Gasteiger partial charge on any atom is -0.310 e. The monoisotopic (exact) mass is 435 g/mol. The number of fused-ring (bicyclic) bond motifs is 1. The van der Waals surface area contributed by atoms with Gasteiger partial charge in [-0.1, -0.05) is 6.07 Å². The number of hydrogen-bond donors (Lipinski definition) is 1. The summed E-state index contributed by atoms with van der Waals surface area (Å²) in [6, 6.07) is 8.22. The van der Waals surface area contributed by atoms with Crippen LogP contribution >= 0.6 is 0 Å². The molecule has 1 aliphatic rings. The Hall–Kier alpha value is -3.42. The van der Waals surface area contributed by atoms with Crippen molar-refractivity contribution in [3.8, 4) is 11.1 Å². The molecule has 0 radical (unpaired) electrons. The SMILES string of the molecule is CC1(F)CCC(n2ncc3c(=O)[nH]c(Cc4ccc(F)cc4-c4ccncc4)nc32)CC1. The van der Waals surface area contributed by atoms with Crippen LogP contribution in [0.5, 0.6) is 0 Å². The molecule has 1 N–H and O–H groups in total. The highest BCUT2D eigenvalue weighted by molar-refractivity contribution is 5.73. The highest BCUT2D eigenvalue weighted by Gasteiger charge is 2.32. The number of benzene rings is 1. The van der Waals surface area contributed by atoms with Gasteiger partial charge in [0.1, 0.15) is 22.7 Å². The van der Waals surface area contributed by atoms with E-state index < -0.39 is 5.67 Å². The molecule has 6 nitrogen and oxygen atoms in total. The van der Waals surface area contributed by atoms with Crippen LogP contribution in [-0.4, -0.2) is 30.4 Å². The molecule has 4 aromatic rings. The second-order valence-corrected chi connectivity index (χ2v) is 8.70. The maximum Gasteiger partial charge on any atom is 0.262 e. The standard InChI is InChI=1S/C24H23F2N5O/c1-24(26)8-4-18(5-9-24)31-22-20(14-28-31)23(32)30-21(29-22)12-16-2-3-17(25)13-19(16)15-6-10-27-11-7-15/h2-3,6-7,10-11,13-14,18H,4-5,8-9,12H2,1H3,(H,29,30,32). The zero-order valence-corrected chi connectivity index (χ0v) is 17.7. The third-order valence-corrected chi connectivity index (χ3v) is 6.28. The minimum atomic E-state index is -1.15. The summed E-state index contributed by atoms with van der Waals surface area (Å²) in [6.45, 7) is 1.63. The first-order valence-electron chi connectivity index (χ1n) is 10.7. The number of H-pyrrole nitrogens is 1. The van der Waals surface area contributed by atoms with Gasteiger partial charge in [0.15, 0.2) is 5.65 Å². The summed E-state index contributed by atoms with van der Waals surface area (Å²) < 4.78 is 30.0. The number of pyridine rings is 1. The van der Waals surface area contributed by atoms with Gasteiger partial charge in [0.05, 0.1) is 12.2 Å². The average Bonchev–Trinajstić information content (AvgIpc) is 3.20. The molecule has 0 atom stereocenters. The van der Waals surface area contributed by atoms with E-state index in [9.17, 15) is 13.6 Å². The highest BCUT2D eigenvalue weighted by Crippen LogP contribution is 2.37. The Morgan fingerprint density at radius 1 is 1.19 bits per heavy atom. The summed E-state index contributed by atoms with van der Waals surface area (Å²) >= 11 is 0. The van der Waals surface area contributed by atoms with Gasteiger partial charge in [0.2, 0.25) is 0 Å². The molecule has 0 aliphatic heterocycles. The van der Waals surface area contributed by atoms with Gasteiger partial charge in [-0.05, 0) is 73.6 Å². The van der Waals surface area contributed by atoms with Crippen LogP contribution in [0.3, 0.4) is 0 Å². The van der Waals surface area contributed by atoms with Crippen LogP contribution in [0.4, 0.5) is 8.78 Å². The topological polar surface area (TPSA) is 76.5 Å².